The van der Waals surface area contributed by atoms with Crippen LogP contribution in [0, 0.1) is 0 Å². The van der Waals surface area contributed by atoms with Crippen molar-refractivity contribution in [3.8, 4) is 0 Å². The van der Waals surface area contributed by atoms with Crippen molar-refractivity contribution in [2.45, 2.75) is 44.9 Å². The van der Waals surface area contributed by atoms with Crippen molar-refractivity contribution in [1.29, 1.82) is 0 Å². The van der Waals surface area contributed by atoms with Crippen LogP contribution in [-0.2, 0) is 12.8 Å². The Kier molecular flexibility index (Phi) is 3.63. The summed E-state index contributed by atoms with van der Waals surface area (Å²) in [5.41, 5.74) is 3.21. The Morgan fingerprint density at radius 2 is 2.35 bits per heavy atom. The van der Waals surface area contributed by atoms with Gasteiger partial charge < -0.3 is 4.98 Å². The van der Waals surface area contributed by atoms with Crippen molar-refractivity contribution in [3.05, 3.63) is 57.5 Å². The molecule has 1 aliphatic carbocycles. The molecule has 0 fully saturated rings. The molecule has 3 rings (SSSR count). The van der Waals surface area contributed by atoms with Crippen LogP contribution in [0.2, 0.25) is 0 Å². The number of H-pyrrole nitrogens is 1. The lowest BCUT2D eigenvalue weighted by Crippen LogP contribution is -2.19. The summed E-state index contributed by atoms with van der Waals surface area (Å²) in [6, 6.07) is 5.75. The van der Waals surface area contributed by atoms with Gasteiger partial charge in [0.05, 0.1) is 11.4 Å². The number of nitrogens with zero attached hydrogens (tertiary/aromatic N) is 2. The average Bonchev–Trinajstić information content (AvgIpc) is 2.46. The van der Waals surface area contributed by atoms with Gasteiger partial charge in [0.25, 0.3) is 5.56 Å². The zero-order chi connectivity index (χ0) is 13.9. The maximum absolute atomic E-state index is 11.8. The molecule has 0 amide bonds. The molecule has 0 radical (unpaired) electrons. The molecule has 1 aliphatic rings. The molecule has 20 heavy (non-hydrogen) atoms. The van der Waals surface area contributed by atoms with Gasteiger partial charge in [-0.1, -0.05) is 13.0 Å². The second-order valence-electron chi connectivity index (χ2n) is 5.36. The van der Waals surface area contributed by atoms with E-state index < -0.39 is 0 Å². The standard InChI is InChI=1S/C16H19N3O/c1-2-5-14-18-13(10-15(20)19-14)12-8-3-6-11-7-4-9-17-16(11)12/h4,7,9-10,12H,2-3,5-6,8H2,1H3,(H,18,19,20). The molecule has 1 atom stereocenters. The Morgan fingerprint density at radius 3 is 3.20 bits per heavy atom. The van der Waals surface area contributed by atoms with E-state index in [0.29, 0.717) is 0 Å². The van der Waals surface area contributed by atoms with Crippen molar-refractivity contribution in [3.63, 3.8) is 0 Å². The van der Waals surface area contributed by atoms with Gasteiger partial charge >= 0.3 is 0 Å². The van der Waals surface area contributed by atoms with E-state index in [0.717, 1.165) is 49.3 Å². The zero-order valence-corrected chi connectivity index (χ0v) is 11.7. The van der Waals surface area contributed by atoms with E-state index in [1.807, 2.05) is 12.3 Å². The Morgan fingerprint density at radius 1 is 1.45 bits per heavy atom. The van der Waals surface area contributed by atoms with E-state index in [2.05, 4.69) is 27.9 Å². The highest BCUT2D eigenvalue weighted by Gasteiger charge is 2.24. The third-order valence-electron chi connectivity index (χ3n) is 3.85. The Balaban J connectivity index is 2.04. The first-order valence-electron chi connectivity index (χ1n) is 7.32. The summed E-state index contributed by atoms with van der Waals surface area (Å²) in [5, 5.41) is 0. The fourth-order valence-electron chi connectivity index (χ4n) is 2.96. The SMILES string of the molecule is CCCc1nc(C2CCCc3cccnc32)cc(=O)[nH]1. The lowest BCUT2D eigenvalue weighted by atomic mass is 9.84. The number of hydrogen-bond donors (Lipinski definition) is 1. The fourth-order valence-corrected chi connectivity index (χ4v) is 2.96. The van der Waals surface area contributed by atoms with Crippen LogP contribution in [0.15, 0.2) is 29.2 Å². The maximum atomic E-state index is 11.8. The molecular weight excluding hydrogens is 250 g/mol. The zero-order valence-electron chi connectivity index (χ0n) is 11.7. The van der Waals surface area contributed by atoms with E-state index in [4.69, 9.17) is 0 Å². The number of nitrogens with one attached hydrogen (secondary N) is 1. The van der Waals surface area contributed by atoms with E-state index in [1.54, 1.807) is 6.07 Å². The molecule has 0 aliphatic heterocycles. The molecule has 0 saturated carbocycles. The molecule has 0 spiro atoms. The molecule has 2 aromatic heterocycles. The number of pyridine rings is 1. The van der Waals surface area contributed by atoms with Gasteiger partial charge in [0.2, 0.25) is 0 Å². The number of aromatic amines is 1. The molecule has 4 nitrogen and oxygen atoms in total. The van der Waals surface area contributed by atoms with Gasteiger partial charge in [-0.3, -0.25) is 9.78 Å². The third kappa shape index (κ3) is 2.50. The summed E-state index contributed by atoms with van der Waals surface area (Å²) < 4.78 is 0. The van der Waals surface area contributed by atoms with E-state index in [9.17, 15) is 4.79 Å². The maximum Gasteiger partial charge on any atom is 0.251 e. The predicted octanol–water partition coefficient (Wildman–Crippen LogP) is 2.59. The van der Waals surface area contributed by atoms with Crippen molar-refractivity contribution >= 4 is 0 Å². The first-order chi connectivity index (χ1) is 9.78. The summed E-state index contributed by atoms with van der Waals surface area (Å²) in [4.78, 5) is 23.8. The summed E-state index contributed by atoms with van der Waals surface area (Å²) in [5.74, 6) is 0.955. The molecular formula is C16H19N3O. The van der Waals surface area contributed by atoms with Crippen LogP contribution >= 0.6 is 0 Å². The van der Waals surface area contributed by atoms with Gasteiger partial charge in [0.1, 0.15) is 5.82 Å². The minimum atomic E-state index is -0.0542. The normalized spacial score (nSPS) is 17.8. The van der Waals surface area contributed by atoms with Crippen LogP contribution in [0.1, 0.15) is 54.9 Å². The second kappa shape index (κ2) is 5.57. The lowest BCUT2D eigenvalue weighted by Gasteiger charge is -2.23. The fraction of sp³-hybridized carbons (Fsp3) is 0.438. The van der Waals surface area contributed by atoms with Gasteiger partial charge in [-0.05, 0) is 37.3 Å². The van der Waals surface area contributed by atoms with Crippen LogP contribution in [0.4, 0.5) is 0 Å². The third-order valence-corrected chi connectivity index (χ3v) is 3.85. The predicted molar refractivity (Wildman–Crippen MR) is 77.9 cm³/mol. The highest BCUT2D eigenvalue weighted by molar-refractivity contribution is 5.32. The Hall–Kier alpha value is -1.97. The van der Waals surface area contributed by atoms with E-state index in [1.165, 1.54) is 5.56 Å². The molecule has 1 N–H and O–H groups in total. The molecule has 2 heterocycles. The number of fused-ring (bicyclic) bond motifs is 1. The van der Waals surface area contributed by atoms with Crippen LogP contribution in [0.5, 0.6) is 0 Å². The van der Waals surface area contributed by atoms with Crippen molar-refractivity contribution < 1.29 is 0 Å². The van der Waals surface area contributed by atoms with Crippen LogP contribution in [0.3, 0.4) is 0 Å². The average molecular weight is 269 g/mol. The van der Waals surface area contributed by atoms with E-state index in [-0.39, 0.29) is 11.5 Å². The molecule has 1 unspecified atom stereocenters. The first-order valence-corrected chi connectivity index (χ1v) is 7.32. The smallest absolute Gasteiger partial charge is 0.251 e. The van der Waals surface area contributed by atoms with Crippen molar-refractivity contribution in [2.75, 3.05) is 0 Å². The van der Waals surface area contributed by atoms with Gasteiger partial charge in [-0.2, -0.15) is 0 Å². The highest BCUT2D eigenvalue weighted by atomic mass is 16.1. The minimum absolute atomic E-state index is 0.0542. The van der Waals surface area contributed by atoms with Gasteiger partial charge in [0, 0.05) is 24.6 Å². The van der Waals surface area contributed by atoms with Crippen molar-refractivity contribution in [1.82, 2.24) is 15.0 Å². The summed E-state index contributed by atoms with van der Waals surface area (Å²) >= 11 is 0. The van der Waals surface area contributed by atoms with Gasteiger partial charge in [-0.25, -0.2) is 4.98 Å². The summed E-state index contributed by atoms with van der Waals surface area (Å²) in [7, 11) is 0. The summed E-state index contributed by atoms with van der Waals surface area (Å²) in [6.07, 6.45) is 6.84. The molecule has 0 bridgehead atoms. The molecule has 0 aromatic carbocycles. The molecule has 104 valence electrons. The number of aryl methyl sites for hydroxylation is 2. The molecule has 4 heteroatoms. The van der Waals surface area contributed by atoms with Crippen LogP contribution in [0.25, 0.3) is 0 Å². The Labute approximate surface area is 118 Å². The largest absolute Gasteiger partial charge is 0.311 e. The monoisotopic (exact) mass is 269 g/mol. The molecule has 0 saturated heterocycles. The van der Waals surface area contributed by atoms with Gasteiger partial charge in [0.15, 0.2) is 0 Å². The Bertz CT molecular complexity index is 663. The quantitative estimate of drug-likeness (QED) is 0.931. The lowest BCUT2D eigenvalue weighted by molar-refractivity contribution is 0.582. The van der Waals surface area contributed by atoms with Gasteiger partial charge in [-0.15, -0.1) is 0 Å². The topological polar surface area (TPSA) is 58.6 Å². The van der Waals surface area contributed by atoms with Crippen LogP contribution < -0.4 is 5.56 Å². The number of hydrogen-bond acceptors (Lipinski definition) is 3. The molecule has 2 aromatic rings. The summed E-state index contributed by atoms with van der Waals surface area (Å²) in [6.45, 7) is 2.09. The van der Waals surface area contributed by atoms with E-state index >= 15 is 0 Å². The minimum Gasteiger partial charge on any atom is -0.311 e. The first kappa shape index (κ1) is 13.0. The van der Waals surface area contributed by atoms with Crippen LogP contribution in [-0.4, -0.2) is 15.0 Å². The second-order valence-corrected chi connectivity index (χ2v) is 5.36. The van der Waals surface area contributed by atoms with Crippen molar-refractivity contribution in [2.24, 2.45) is 0 Å². The number of aromatic nitrogens is 3. The highest BCUT2D eigenvalue weighted by Crippen LogP contribution is 2.33. The number of rotatable bonds is 3.